The summed E-state index contributed by atoms with van der Waals surface area (Å²) in [4.78, 5) is 0. The van der Waals surface area contributed by atoms with Crippen molar-refractivity contribution in [1.29, 1.82) is 5.26 Å². The Morgan fingerprint density at radius 2 is 1.75 bits per heavy atom. The molecular formula is C17H19NOSi. The molecule has 2 nitrogen and oxygen atoms in total. The van der Waals surface area contributed by atoms with Crippen LogP contribution in [0.25, 0.3) is 16.5 Å². The molecule has 0 amide bonds. The van der Waals surface area contributed by atoms with E-state index in [-0.39, 0.29) is 0 Å². The summed E-state index contributed by atoms with van der Waals surface area (Å²) in [5, 5.41) is 10.2. The van der Waals surface area contributed by atoms with E-state index in [4.69, 9.17) is 9.68 Å². The minimum Gasteiger partial charge on any atom is -0.457 e. The summed E-state index contributed by atoms with van der Waals surface area (Å²) in [5.41, 5.74) is 1.66. The van der Waals surface area contributed by atoms with Gasteiger partial charge in [-0.1, -0.05) is 25.7 Å². The van der Waals surface area contributed by atoms with Crippen LogP contribution < -0.4 is 0 Å². The molecule has 0 bridgehead atoms. The van der Waals surface area contributed by atoms with Gasteiger partial charge in [0.2, 0.25) is 0 Å². The van der Waals surface area contributed by atoms with Gasteiger partial charge in [-0.05, 0) is 48.5 Å². The van der Waals surface area contributed by atoms with E-state index >= 15 is 0 Å². The third kappa shape index (κ3) is 2.92. The van der Waals surface area contributed by atoms with Crippen molar-refractivity contribution in [2.75, 3.05) is 0 Å². The zero-order valence-corrected chi connectivity index (χ0v) is 13.4. The van der Waals surface area contributed by atoms with Gasteiger partial charge in [0.15, 0.2) is 0 Å². The molecule has 0 fully saturated rings. The Bertz CT molecular complexity index is 666. The highest BCUT2D eigenvalue weighted by Crippen LogP contribution is 2.31. The van der Waals surface area contributed by atoms with Gasteiger partial charge in [-0.15, -0.1) is 0 Å². The number of allylic oxidation sites excluding steroid dienone is 1. The number of nitriles is 1. The SMILES string of the molecule is C/C=C(\c1ccc(-c2ccc(C#N)cc2)o1)[Si](C)(C)C. The van der Waals surface area contributed by atoms with Crippen LogP contribution in [0.2, 0.25) is 19.6 Å². The quantitative estimate of drug-likeness (QED) is 0.734. The van der Waals surface area contributed by atoms with Crippen molar-refractivity contribution < 1.29 is 4.42 Å². The standard InChI is InChI=1S/C17H19NOSi/c1-5-17(20(2,3)4)16-11-10-15(19-16)14-8-6-13(12-18)7-9-14/h5-11H,1-4H3/b17-5+. The maximum atomic E-state index is 8.82. The molecular weight excluding hydrogens is 262 g/mol. The Labute approximate surface area is 121 Å². The molecule has 0 aliphatic heterocycles. The molecule has 1 heterocycles. The molecule has 0 aliphatic rings. The fourth-order valence-electron chi connectivity index (χ4n) is 2.29. The van der Waals surface area contributed by atoms with Crippen LogP contribution in [0.4, 0.5) is 0 Å². The number of hydrogen-bond donors (Lipinski definition) is 0. The second-order valence-electron chi connectivity index (χ2n) is 5.81. The van der Waals surface area contributed by atoms with Gasteiger partial charge in [-0.2, -0.15) is 5.26 Å². The summed E-state index contributed by atoms with van der Waals surface area (Å²) >= 11 is 0. The van der Waals surface area contributed by atoms with Gasteiger partial charge >= 0.3 is 0 Å². The van der Waals surface area contributed by atoms with E-state index in [1.807, 2.05) is 36.4 Å². The second kappa shape index (κ2) is 5.52. The molecule has 102 valence electrons. The van der Waals surface area contributed by atoms with Crippen LogP contribution in [0.5, 0.6) is 0 Å². The van der Waals surface area contributed by atoms with Gasteiger partial charge in [0, 0.05) is 5.56 Å². The minimum absolute atomic E-state index is 0.664. The Balaban J connectivity index is 2.36. The van der Waals surface area contributed by atoms with E-state index in [2.05, 4.69) is 38.7 Å². The average Bonchev–Trinajstić information content (AvgIpc) is 2.87. The first-order valence-electron chi connectivity index (χ1n) is 6.73. The van der Waals surface area contributed by atoms with Gasteiger partial charge in [-0.25, -0.2) is 0 Å². The lowest BCUT2D eigenvalue weighted by molar-refractivity contribution is 0.569. The monoisotopic (exact) mass is 281 g/mol. The van der Waals surface area contributed by atoms with E-state index in [1.165, 1.54) is 5.20 Å². The fourth-order valence-corrected chi connectivity index (χ4v) is 4.03. The third-order valence-electron chi connectivity index (χ3n) is 3.27. The summed E-state index contributed by atoms with van der Waals surface area (Å²) in [6.45, 7) is 9.00. The lowest BCUT2D eigenvalue weighted by Gasteiger charge is -2.18. The summed E-state index contributed by atoms with van der Waals surface area (Å²) in [5.74, 6) is 1.81. The van der Waals surface area contributed by atoms with E-state index in [0.717, 1.165) is 17.1 Å². The van der Waals surface area contributed by atoms with Crippen LogP contribution in [-0.4, -0.2) is 8.07 Å². The van der Waals surface area contributed by atoms with Gasteiger partial charge in [0.1, 0.15) is 11.5 Å². The normalized spacial score (nSPS) is 12.2. The first kappa shape index (κ1) is 14.4. The average molecular weight is 281 g/mol. The number of benzene rings is 1. The molecule has 0 N–H and O–H groups in total. The lowest BCUT2D eigenvalue weighted by Crippen LogP contribution is -2.22. The molecule has 0 unspecified atom stereocenters. The van der Waals surface area contributed by atoms with Crippen molar-refractivity contribution in [2.24, 2.45) is 0 Å². The molecule has 0 saturated heterocycles. The highest BCUT2D eigenvalue weighted by atomic mass is 28.3. The number of nitrogens with zero attached hydrogens (tertiary/aromatic N) is 1. The van der Waals surface area contributed by atoms with Crippen LogP contribution in [0.3, 0.4) is 0 Å². The van der Waals surface area contributed by atoms with Crippen LogP contribution in [0, 0.1) is 11.3 Å². The maximum Gasteiger partial charge on any atom is 0.134 e. The van der Waals surface area contributed by atoms with Crippen LogP contribution in [-0.2, 0) is 0 Å². The number of furan rings is 1. The molecule has 1 aromatic carbocycles. The van der Waals surface area contributed by atoms with Crippen LogP contribution in [0.1, 0.15) is 18.2 Å². The van der Waals surface area contributed by atoms with Gasteiger partial charge in [-0.3, -0.25) is 0 Å². The van der Waals surface area contributed by atoms with Gasteiger partial charge < -0.3 is 4.42 Å². The fraction of sp³-hybridized carbons (Fsp3) is 0.235. The van der Waals surface area contributed by atoms with Crippen LogP contribution >= 0.6 is 0 Å². The number of hydrogen-bond acceptors (Lipinski definition) is 2. The topological polar surface area (TPSA) is 36.9 Å². The summed E-state index contributed by atoms with van der Waals surface area (Å²) in [6, 6.07) is 13.6. The predicted octanol–water partition coefficient (Wildman–Crippen LogP) is 5.10. The summed E-state index contributed by atoms with van der Waals surface area (Å²) in [6.07, 6.45) is 2.16. The number of rotatable bonds is 3. The molecule has 0 radical (unpaired) electrons. The van der Waals surface area contributed by atoms with Crippen LogP contribution in [0.15, 0.2) is 46.9 Å². The van der Waals surface area contributed by atoms with E-state index in [0.29, 0.717) is 5.56 Å². The van der Waals surface area contributed by atoms with Crippen molar-refractivity contribution in [3.05, 3.63) is 53.8 Å². The highest BCUT2D eigenvalue weighted by molar-refractivity contribution is 6.93. The molecule has 0 aliphatic carbocycles. The molecule has 2 rings (SSSR count). The Morgan fingerprint density at radius 1 is 1.10 bits per heavy atom. The van der Waals surface area contributed by atoms with Crippen molar-refractivity contribution in [1.82, 2.24) is 0 Å². The van der Waals surface area contributed by atoms with Crippen molar-refractivity contribution >= 4 is 13.3 Å². The third-order valence-corrected chi connectivity index (χ3v) is 5.42. The highest BCUT2D eigenvalue weighted by Gasteiger charge is 2.23. The van der Waals surface area contributed by atoms with Gasteiger partial charge in [0.05, 0.1) is 19.7 Å². The van der Waals surface area contributed by atoms with E-state index < -0.39 is 8.07 Å². The Kier molecular flexibility index (Phi) is 3.96. The smallest absolute Gasteiger partial charge is 0.134 e. The molecule has 20 heavy (non-hydrogen) atoms. The second-order valence-corrected chi connectivity index (χ2v) is 10.8. The Hall–Kier alpha value is -2.05. The minimum atomic E-state index is -1.41. The van der Waals surface area contributed by atoms with Crippen molar-refractivity contribution in [3.63, 3.8) is 0 Å². The van der Waals surface area contributed by atoms with Crippen molar-refractivity contribution in [2.45, 2.75) is 26.6 Å². The first-order chi connectivity index (χ1) is 9.45. The summed E-state index contributed by atoms with van der Waals surface area (Å²) in [7, 11) is -1.41. The zero-order valence-electron chi connectivity index (χ0n) is 12.4. The molecule has 0 saturated carbocycles. The molecule has 0 atom stereocenters. The molecule has 1 aromatic heterocycles. The predicted molar refractivity (Wildman–Crippen MR) is 85.9 cm³/mol. The zero-order chi connectivity index (χ0) is 14.8. The first-order valence-corrected chi connectivity index (χ1v) is 10.2. The van der Waals surface area contributed by atoms with Crippen molar-refractivity contribution in [3.8, 4) is 17.4 Å². The largest absolute Gasteiger partial charge is 0.457 e. The molecule has 3 heteroatoms. The maximum absolute atomic E-state index is 8.82. The van der Waals surface area contributed by atoms with E-state index in [9.17, 15) is 0 Å². The lowest BCUT2D eigenvalue weighted by atomic mass is 10.1. The van der Waals surface area contributed by atoms with E-state index in [1.54, 1.807) is 0 Å². The molecule has 2 aromatic rings. The Morgan fingerprint density at radius 3 is 2.25 bits per heavy atom. The van der Waals surface area contributed by atoms with Gasteiger partial charge in [0.25, 0.3) is 0 Å². The summed E-state index contributed by atoms with van der Waals surface area (Å²) < 4.78 is 6.01. The molecule has 0 spiro atoms.